The number of carbonyl (C=O) groups excluding carboxylic acids is 1. The molecule has 5 rings (SSSR count). The Hall–Kier alpha value is -2.33. The summed E-state index contributed by atoms with van der Waals surface area (Å²) in [6.45, 7) is 1.77. The molecule has 212 valence electrons. The van der Waals surface area contributed by atoms with Crippen molar-refractivity contribution in [2.75, 3.05) is 23.7 Å². The topological polar surface area (TPSA) is 116 Å². The number of anilines is 1. The van der Waals surface area contributed by atoms with Crippen LogP contribution in [0.4, 0.5) is 5.69 Å². The van der Waals surface area contributed by atoms with Crippen molar-refractivity contribution in [1.29, 1.82) is 0 Å². The van der Waals surface area contributed by atoms with Crippen molar-refractivity contribution >= 4 is 33.2 Å². The summed E-state index contributed by atoms with van der Waals surface area (Å²) in [6, 6.07) is 10.9. The third kappa shape index (κ3) is 6.88. The molecule has 39 heavy (non-hydrogen) atoms. The van der Waals surface area contributed by atoms with Crippen molar-refractivity contribution in [3.8, 4) is 5.75 Å². The van der Waals surface area contributed by atoms with Crippen molar-refractivity contribution in [3.05, 3.63) is 58.1 Å². The Bertz CT molecular complexity index is 1300. The number of aliphatic hydroxyl groups is 2. The van der Waals surface area contributed by atoms with Gasteiger partial charge in [-0.05, 0) is 105 Å². The number of fused-ring (bicyclic) bond motifs is 3. The number of hydrogen-bond donors (Lipinski definition) is 3. The SMILES string of the molecule is O=C1NS(=O)(=O)CC[C@@H](O)CC[C@H](O)[C@@H]2CC[C@H]2CN2CCCCc3cc(Cl)ccc3COc3ccc1cc32. The Morgan fingerprint density at radius 2 is 1.82 bits per heavy atom. The number of rotatable bonds is 0. The average molecular weight is 577 g/mol. The van der Waals surface area contributed by atoms with Crippen molar-refractivity contribution in [2.24, 2.45) is 11.8 Å². The highest BCUT2D eigenvalue weighted by molar-refractivity contribution is 7.90. The number of aliphatic hydroxyl groups excluding tert-OH is 2. The van der Waals surface area contributed by atoms with Gasteiger partial charge in [-0.15, -0.1) is 0 Å². The lowest BCUT2D eigenvalue weighted by molar-refractivity contribution is 0.00159. The van der Waals surface area contributed by atoms with E-state index in [0.29, 0.717) is 36.8 Å². The molecule has 0 radical (unpaired) electrons. The van der Waals surface area contributed by atoms with Crippen molar-refractivity contribution in [2.45, 2.75) is 70.2 Å². The summed E-state index contributed by atoms with van der Waals surface area (Å²) in [5.41, 5.74) is 3.20. The zero-order valence-electron chi connectivity index (χ0n) is 22.0. The molecule has 0 unspecified atom stereocenters. The highest BCUT2D eigenvalue weighted by Gasteiger charge is 2.38. The zero-order valence-corrected chi connectivity index (χ0v) is 23.6. The van der Waals surface area contributed by atoms with Gasteiger partial charge in [-0.1, -0.05) is 17.7 Å². The van der Waals surface area contributed by atoms with Crippen LogP contribution in [0.2, 0.25) is 5.02 Å². The molecule has 10 heteroatoms. The Morgan fingerprint density at radius 3 is 2.62 bits per heavy atom. The lowest BCUT2D eigenvalue weighted by atomic mass is 9.69. The number of nitrogens with zero attached hydrogens (tertiary/aromatic N) is 1. The van der Waals surface area contributed by atoms with Gasteiger partial charge < -0.3 is 19.8 Å². The second-order valence-electron chi connectivity index (χ2n) is 11.1. The monoisotopic (exact) mass is 576 g/mol. The molecular formula is C29H37ClN2O6S. The summed E-state index contributed by atoms with van der Waals surface area (Å²) in [5, 5.41) is 22.0. The first-order valence-corrected chi connectivity index (χ1v) is 15.9. The largest absolute Gasteiger partial charge is 0.487 e. The van der Waals surface area contributed by atoms with E-state index in [1.165, 1.54) is 0 Å². The fourth-order valence-electron chi connectivity index (χ4n) is 5.95. The fraction of sp³-hybridized carbons (Fsp3) is 0.552. The van der Waals surface area contributed by atoms with Gasteiger partial charge in [0.2, 0.25) is 10.0 Å². The fourth-order valence-corrected chi connectivity index (χ4v) is 7.23. The van der Waals surface area contributed by atoms with Gasteiger partial charge in [0, 0.05) is 23.7 Å². The van der Waals surface area contributed by atoms with Crippen LogP contribution in [0.15, 0.2) is 36.4 Å². The molecule has 0 aromatic heterocycles. The van der Waals surface area contributed by atoms with E-state index in [4.69, 9.17) is 16.3 Å². The van der Waals surface area contributed by atoms with Crippen LogP contribution in [0.25, 0.3) is 0 Å². The molecule has 3 aliphatic rings. The predicted molar refractivity (Wildman–Crippen MR) is 151 cm³/mol. The molecule has 3 N–H and O–H groups in total. The van der Waals surface area contributed by atoms with E-state index in [1.807, 2.05) is 18.2 Å². The summed E-state index contributed by atoms with van der Waals surface area (Å²) < 4.78 is 33.7. The van der Waals surface area contributed by atoms with E-state index < -0.39 is 28.1 Å². The van der Waals surface area contributed by atoms with Gasteiger partial charge in [0.1, 0.15) is 12.4 Å². The number of carbonyl (C=O) groups is 1. The molecule has 1 amide bonds. The highest BCUT2D eigenvalue weighted by Crippen LogP contribution is 2.41. The molecule has 2 bridgehead atoms. The van der Waals surface area contributed by atoms with Gasteiger partial charge in [-0.2, -0.15) is 0 Å². The highest BCUT2D eigenvalue weighted by atomic mass is 35.5. The predicted octanol–water partition coefficient (Wildman–Crippen LogP) is 4.05. The molecule has 1 saturated carbocycles. The number of sulfonamides is 1. The maximum absolute atomic E-state index is 13.0. The van der Waals surface area contributed by atoms with E-state index in [-0.39, 0.29) is 29.6 Å². The summed E-state index contributed by atoms with van der Waals surface area (Å²) in [5.74, 6) is -0.0549. The summed E-state index contributed by atoms with van der Waals surface area (Å²) >= 11 is 6.27. The van der Waals surface area contributed by atoms with E-state index >= 15 is 0 Å². The lowest BCUT2D eigenvalue weighted by Crippen LogP contribution is -2.44. The van der Waals surface area contributed by atoms with Crippen LogP contribution in [0.1, 0.15) is 66.4 Å². The van der Waals surface area contributed by atoms with Crippen molar-refractivity contribution in [3.63, 3.8) is 0 Å². The minimum Gasteiger partial charge on any atom is -0.487 e. The van der Waals surface area contributed by atoms with Crippen LogP contribution in [0.3, 0.4) is 0 Å². The Morgan fingerprint density at radius 1 is 0.974 bits per heavy atom. The number of hydrogen-bond acceptors (Lipinski definition) is 7. The van der Waals surface area contributed by atoms with E-state index in [9.17, 15) is 23.4 Å². The Labute approximate surface area is 235 Å². The molecule has 0 saturated heterocycles. The van der Waals surface area contributed by atoms with Crippen molar-refractivity contribution < 1.29 is 28.2 Å². The van der Waals surface area contributed by atoms with Crippen molar-refractivity contribution in [1.82, 2.24) is 4.72 Å². The maximum atomic E-state index is 13.0. The molecule has 1 fully saturated rings. The Balaban J connectivity index is 1.51. The van der Waals surface area contributed by atoms with Crippen LogP contribution < -0.4 is 14.4 Å². The second-order valence-corrected chi connectivity index (χ2v) is 13.4. The molecule has 1 aliphatic carbocycles. The van der Waals surface area contributed by atoms with E-state index in [0.717, 1.165) is 55.5 Å². The maximum Gasteiger partial charge on any atom is 0.264 e. The molecule has 2 aromatic carbocycles. The number of aryl methyl sites for hydroxylation is 1. The summed E-state index contributed by atoms with van der Waals surface area (Å²) in [4.78, 5) is 15.3. The van der Waals surface area contributed by atoms with Gasteiger partial charge in [0.25, 0.3) is 5.91 Å². The number of amides is 1. The van der Waals surface area contributed by atoms with Crippen LogP contribution in [0, 0.1) is 11.8 Å². The van der Waals surface area contributed by atoms with E-state index in [1.54, 1.807) is 18.2 Å². The molecule has 4 atom stereocenters. The van der Waals surface area contributed by atoms with Crippen LogP contribution in [-0.2, 0) is 23.1 Å². The van der Waals surface area contributed by atoms with Gasteiger partial charge in [-0.25, -0.2) is 13.1 Å². The van der Waals surface area contributed by atoms with E-state index in [2.05, 4.69) is 9.62 Å². The minimum absolute atomic E-state index is 0.00191. The average Bonchev–Trinajstić information content (AvgIpc) is 2.91. The van der Waals surface area contributed by atoms with Crippen LogP contribution in [0.5, 0.6) is 5.75 Å². The third-order valence-corrected chi connectivity index (χ3v) is 9.93. The van der Waals surface area contributed by atoms with Gasteiger partial charge in [0.15, 0.2) is 0 Å². The zero-order chi connectivity index (χ0) is 27.6. The summed E-state index contributed by atoms with van der Waals surface area (Å²) in [7, 11) is -3.94. The lowest BCUT2D eigenvalue weighted by Gasteiger charge is -2.43. The number of ether oxygens (including phenoxy) is 1. The third-order valence-electron chi connectivity index (χ3n) is 8.43. The van der Waals surface area contributed by atoms with Crippen LogP contribution >= 0.6 is 11.6 Å². The molecule has 2 heterocycles. The van der Waals surface area contributed by atoms with Crippen LogP contribution in [-0.4, -0.2) is 55.6 Å². The second kappa shape index (κ2) is 12.0. The summed E-state index contributed by atoms with van der Waals surface area (Å²) in [6.07, 6.45) is 3.99. The first kappa shape index (κ1) is 28.2. The first-order valence-electron chi connectivity index (χ1n) is 13.9. The Kier molecular flexibility index (Phi) is 8.71. The molecule has 2 aromatic rings. The minimum atomic E-state index is -3.94. The number of halogens is 1. The molecule has 2 aliphatic heterocycles. The quantitative estimate of drug-likeness (QED) is 0.433. The van der Waals surface area contributed by atoms with Gasteiger partial charge in [-0.3, -0.25) is 4.79 Å². The standard InChI is InChI=1S/C29H37ClN2O6S/c30-23-7-4-22-18-38-28-11-6-20-16-26(28)32(13-2-1-3-19(22)15-23)17-21-5-9-25(21)27(34)10-8-24(33)12-14-39(36,37)31-29(20)35/h4,6-7,11,15-16,21,24-25,27,33-34H,1-3,5,8-10,12-14,17-18H2,(H,31,35)/t21-,24-,25+,27-/m0/s1. The molecule has 0 spiro atoms. The number of benzene rings is 2. The van der Waals surface area contributed by atoms with Gasteiger partial charge in [0.05, 0.1) is 23.6 Å². The van der Waals surface area contributed by atoms with Gasteiger partial charge >= 0.3 is 0 Å². The normalized spacial score (nSPS) is 28.0. The first-order chi connectivity index (χ1) is 18.7. The molecular weight excluding hydrogens is 540 g/mol. The number of nitrogens with one attached hydrogen (secondary N) is 1. The molecule has 8 nitrogen and oxygen atoms in total. The smallest absolute Gasteiger partial charge is 0.264 e.